The van der Waals surface area contributed by atoms with Gasteiger partial charge in [0.1, 0.15) is 4.60 Å². The van der Waals surface area contributed by atoms with Crippen LogP contribution >= 0.6 is 15.9 Å². The summed E-state index contributed by atoms with van der Waals surface area (Å²) in [5.41, 5.74) is 3.75. The molecule has 0 saturated carbocycles. The summed E-state index contributed by atoms with van der Waals surface area (Å²) in [7, 11) is 0. The monoisotopic (exact) mass is 333 g/mol. The van der Waals surface area contributed by atoms with Crippen LogP contribution in [0.4, 0.5) is 11.4 Å². The molecule has 0 aliphatic heterocycles. The molecule has 2 rings (SSSR count). The Bertz CT molecular complexity index is 628. The molecule has 0 unspecified atom stereocenters. The van der Waals surface area contributed by atoms with Crippen LogP contribution in [-0.4, -0.2) is 10.9 Å². The number of carbonyl (C=O) groups excluding carboxylic acids is 1. The number of pyridine rings is 1. The molecule has 5 heteroatoms. The molecule has 0 aliphatic carbocycles. The topological polar surface area (TPSA) is 54.0 Å². The summed E-state index contributed by atoms with van der Waals surface area (Å²) in [6.45, 7) is 4.10. The van der Waals surface area contributed by atoms with Gasteiger partial charge in [0.15, 0.2) is 0 Å². The Morgan fingerprint density at radius 1 is 1.30 bits per heavy atom. The number of nitrogens with zero attached hydrogens (tertiary/aromatic N) is 1. The van der Waals surface area contributed by atoms with E-state index in [9.17, 15) is 4.79 Å². The van der Waals surface area contributed by atoms with Gasteiger partial charge in [-0.2, -0.15) is 0 Å². The first-order chi connectivity index (χ1) is 9.54. The maximum atomic E-state index is 11.1. The van der Waals surface area contributed by atoms with E-state index in [-0.39, 0.29) is 5.91 Å². The van der Waals surface area contributed by atoms with E-state index in [1.165, 1.54) is 6.92 Å². The molecular weight excluding hydrogens is 318 g/mol. The molecule has 0 radical (unpaired) electrons. The van der Waals surface area contributed by atoms with Crippen molar-refractivity contribution < 1.29 is 4.79 Å². The van der Waals surface area contributed by atoms with Gasteiger partial charge in [-0.1, -0.05) is 12.1 Å². The molecule has 1 heterocycles. The second-order valence-electron chi connectivity index (χ2n) is 4.52. The summed E-state index contributed by atoms with van der Waals surface area (Å²) < 4.78 is 0.819. The van der Waals surface area contributed by atoms with E-state index in [0.29, 0.717) is 6.54 Å². The Hall–Kier alpha value is -1.88. The van der Waals surface area contributed by atoms with Gasteiger partial charge in [-0.05, 0) is 52.7 Å². The SMILES string of the molecule is CC(=O)Nc1cc(NCc2cccc(Br)n2)ccc1C. The van der Waals surface area contributed by atoms with Gasteiger partial charge in [0.25, 0.3) is 0 Å². The number of amides is 1. The minimum absolute atomic E-state index is 0.0705. The van der Waals surface area contributed by atoms with Crippen LogP contribution in [0.25, 0.3) is 0 Å². The van der Waals surface area contributed by atoms with Crippen LogP contribution in [0.15, 0.2) is 41.0 Å². The van der Waals surface area contributed by atoms with E-state index < -0.39 is 0 Å². The van der Waals surface area contributed by atoms with Crippen LogP contribution < -0.4 is 10.6 Å². The summed E-state index contributed by atoms with van der Waals surface area (Å²) >= 11 is 3.35. The highest BCUT2D eigenvalue weighted by Crippen LogP contribution is 2.20. The quantitative estimate of drug-likeness (QED) is 0.838. The first-order valence-corrected chi connectivity index (χ1v) is 7.07. The summed E-state index contributed by atoms with van der Waals surface area (Å²) in [6, 6.07) is 11.7. The zero-order valence-corrected chi connectivity index (χ0v) is 13.0. The molecule has 0 fully saturated rings. The van der Waals surface area contributed by atoms with E-state index in [4.69, 9.17) is 0 Å². The second kappa shape index (κ2) is 6.52. The zero-order chi connectivity index (χ0) is 14.5. The van der Waals surface area contributed by atoms with Crippen LogP contribution in [0.2, 0.25) is 0 Å². The molecule has 2 N–H and O–H groups in total. The summed E-state index contributed by atoms with van der Waals surface area (Å²) in [4.78, 5) is 15.5. The van der Waals surface area contributed by atoms with E-state index in [2.05, 4.69) is 31.5 Å². The number of anilines is 2. The molecule has 0 aliphatic rings. The third-order valence-electron chi connectivity index (χ3n) is 2.79. The first-order valence-electron chi connectivity index (χ1n) is 6.28. The van der Waals surface area contributed by atoms with Crippen molar-refractivity contribution >= 4 is 33.2 Å². The Morgan fingerprint density at radius 3 is 2.80 bits per heavy atom. The summed E-state index contributed by atoms with van der Waals surface area (Å²) in [6.07, 6.45) is 0. The van der Waals surface area contributed by atoms with Crippen molar-refractivity contribution in [3.05, 3.63) is 52.3 Å². The van der Waals surface area contributed by atoms with Crippen molar-refractivity contribution in [2.45, 2.75) is 20.4 Å². The predicted molar refractivity (Wildman–Crippen MR) is 84.7 cm³/mol. The minimum Gasteiger partial charge on any atom is -0.379 e. The number of carbonyl (C=O) groups is 1. The highest BCUT2D eigenvalue weighted by molar-refractivity contribution is 9.10. The van der Waals surface area contributed by atoms with Gasteiger partial charge >= 0.3 is 0 Å². The fourth-order valence-electron chi connectivity index (χ4n) is 1.80. The number of benzene rings is 1. The predicted octanol–water partition coefficient (Wildman–Crippen LogP) is 3.72. The molecule has 0 bridgehead atoms. The Labute approximate surface area is 126 Å². The van der Waals surface area contributed by atoms with Gasteiger partial charge in [0.05, 0.1) is 12.2 Å². The third kappa shape index (κ3) is 4.06. The summed E-state index contributed by atoms with van der Waals surface area (Å²) in [5, 5.41) is 6.11. The molecule has 20 heavy (non-hydrogen) atoms. The average molecular weight is 334 g/mol. The molecule has 0 saturated heterocycles. The number of aryl methyl sites for hydroxylation is 1. The number of halogens is 1. The molecule has 104 valence electrons. The number of aromatic nitrogens is 1. The van der Waals surface area contributed by atoms with E-state index >= 15 is 0 Å². The van der Waals surface area contributed by atoms with Crippen molar-refractivity contribution in [1.82, 2.24) is 4.98 Å². The normalized spacial score (nSPS) is 10.2. The standard InChI is InChI=1S/C15H16BrN3O/c1-10-6-7-12(8-14(10)18-11(2)20)17-9-13-4-3-5-15(16)19-13/h3-8,17H,9H2,1-2H3,(H,18,20). The molecular formula is C15H16BrN3O. The number of hydrogen-bond donors (Lipinski definition) is 2. The highest BCUT2D eigenvalue weighted by atomic mass is 79.9. The molecule has 0 spiro atoms. The highest BCUT2D eigenvalue weighted by Gasteiger charge is 2.03. The number of hydrogen-bond acceptors (Lipinski definition) is 3. The van der Waals surface area contributed by atoms with E-state index in [1.807, 2.05) is 43.3 Å². The van der Waals surface area contributed by atoms with Crippen molar-refractivity contribution in [3.8, 4) is 0 Å². The first kappa shape index (κ1) is 14.5. The van der Waals surface area contributed by atoms with Crippen LogP contribution in [0, 0.1) is 6.92 Å². The Balaban J connectivity index is 2.08. The molecule has 1 aromatic heterocycles. The Morgan fingerprint density at radius 2 is 2.10 bits per heavy atom. The number of nitrogens with one attached hydrogen (secondary N) is 2. The van der Waals surface area contributed by atoms with Gasteiger partial charge < -0.3 is 10.6 Å². The summed E-state index contributed by atoms with van der Waals surface area (Å²) in [5.74, 6) is -0.0705. The lowest BCUT2D eigenvalue weighted by Gasteiger charge is -2.11. The van der Waals surface area contributed by atoms with E-state index in [1.54, 1.807) is 0 Å². The lowest BCUT2D eigenvalue weighted by Crippen LogP contribution is -2.08. The number of rotatable bonds is 4. The van der Waals surface area contributed by atoms with Crippen molar-refractivity contribution in [1.29, 1.82) is 0 Å². The van der Waals surface area contributed by atoms with Gasteiger partial charge in [0, 0.05) is 18.3 Å². The van der Waals surface area contributed by atoms with Gasteiger partial charge in [0.2, 0.25) is 5.91 Å². The van der Waals surface area contributed by atoms with Gasteiger partial charge in [-0.3, -0.25) is 4.79 Å². The fourth-order valence-corrected chi connectivity index (χ4v) is 2.18. The molecule has 1 amide bonds. The lowest BCUT2D eigenvalue weighted by molar-refractivity contribution is -0.114. The van der Waals surface area contributed by atoms with Gasteiger partial charge in [-0.25, -0.2) is 4.98 Å². The lowest BCUT2D eigenvalue weighted by atomic mass is 10.1. The third-order valence-corrected chi connectivity index (χ3v) is 3.24. The second-order valence-corrected chi connectivity index (χ2v) is 5.33. The maximum Gasteiger partial charge on any atom is 0.221 e. The van der Waals surface area contributed by atoms with E-state index in [0.717, 1.165) is 27.2 Å². The molecule has 4 nitrogen and oxygen atoms in total. The molecule has 2 aromatic rings. The average Bonchev–Trinajstić information content (AvgIpc) is 2.39. The smallest absolute Gasteiger partial charge is 0.221 e. The molecule has 1 aromatic carbocycles. The largest absolute Gasteiger partial charge is 0.379 e. The minimum atomic E-state index is -0.0705. The van der Waals surface area contributed by atoms with Crippen LogP contribution in [-0.2, 0) is 11.3 Å². The van der Waals surface area contributed by atoms with Crippen LogP contribution in [0.5, 0.6) is 0 Å². The maximum absolute atomic E-state index is 11.1. The van der Waals surface area contributed by atoms with Crippen LogP contribution in [0.1, 0.15) is 18.2 Å². The van der Waals surface area contributed by atoms with Crippen molar-refractivity contribution in [2.24, 2.45) is 0 Å². The van der Waals surface area contributed by atoms with Crippen molar-refractivity contribution in [3.63, 3.8) is 0 Å². The van der Waals surface area contributed by atoms with Crippen LogP contribution in [0.3, 0.4) is 0 Å². The van der Waals surface area contributed by atoms with Gasteiger partial charge in [-0.15, -0.1) is 0 Å². The zero-order valence-electron chi connectivity index (χ0n) is 11.4. The Kier molecular flexibility index (Phi) is 4.74. The molecule has 0 atom stereocenters. The van der Waals surface area contributed by atoms with Crippen molar-refractivity contribution in [2.75, 3.05) is 10.6 Å². The fraction of sp³-hybridized carbons (Fsp3) is 0.200.